The average Bonchev–Trinajstić information content (AvgIpc) is 2.68. The molecule has 1 saturated carbocycles. The molecule has 1 unspecified atom stereocenters. The summed E-state index contributed by atoms with van der Waals surface area (Å²) in [5.74, 6) is 0.739. The van der Waals surface area contributed by atoms with E-state index in [2.05, 4.69) is 63.7 Å². The minimum atomic E-state index is -0.0799. The van der Waals surface area contributed by atoms with Crippen LogP contribution in [0.25, 0.3) is 0 Å². The van der Waals surface area contributed by atoms with Crippen LogP contribution in [0.5, 0.6) is 0 Å². The van der Waals surface area contributed by atoms with Gasteiger partial charge in [0.25, 0.3) is 0 Å². The van der Waals surface area contributed by atoms with Crippen molar-refractivity contribution in [2.45, 2.75) is 57.0 Å². The van der Waals surface area contributed by atoms with E-state index in [4.69, 9.17) is 5.73 Å². The quantitative estimate of drug-likeness (QED) is 0.608. The van der Waals surface area contributed by atoms with Crippen molar-refractivity contribution in [2.24, 2.45) is 10.7 Å². The molecule has 1 aliphatic carbocycles. The van der Waals surface area contributed by atoms with Crippen molar-refractivity contribution in [2.75, 3.05) is 6.54 Å². The zero-order valence-corrected chi connectivity index (χ0v) is 14.8. The molecule has 1 aromatic carbocycles. The van der Waals surface area contributed by atoms with Gasteiger partial charge in [-0.15, -0.1) is 0 Å². The molecule has 1 atom stereocenters. The maximum absolute atomic E-state index is 6.28. The van der Waals surface area contributed by atoms with Gasteiger partial charge in [0.15, 0.2) is 5.96 Å². The Morgan fingerprint density at radius 1 is 1.14 bits per heavy atom. The van der Waals surface area contributed by atoms with Gasteiger partial charge in [0.2, 0.25) is 0 Å². The van der Waals surface area contributed by atoms with E-state index in [1.807, 2.05) is 0 Å². The third-order valence-corrected chi connectivity index (χ3v) is 5.70. The summed E-state index contributed by atoms with van der Waals surface area (Å²) < 4.78 is 1.27. The van der Waals surface area contributed by atoms with Crippen molar-refractivity contribution >= 4 is 28.6 Å². The number of nitrogens with zero attached hydrogens (tertiary/aromatic N) is 2. The summed E-state index contributed by atoms with van der Waals surface area (Å²) >= 11 is 2.36. The summed E-state index contributed by atoms with van der Waals surface area (Å²) in [6.07, 6.45) is 7.85. The molecule has 0 aromatic heterocycles. The first-order valence-corrected chi connectivity index (χ1v) is 9.04. The summed E-state index contributed by atoms with van der Waals surface area (Å²) in [7, 11) is 0. The van der Waals surface area contributed by atoms with Gasteiger partial charge in [0.1, 0.15) is 0 Å². The number of nitrogens with two attached hydrogens (primary N) is 1. The van der Waals surface area contributed by atoms with Crippen molar-refractivity contribution < 1.29 is 0 Å². The first-order chi connectivity index (χ1) is 10.1. The van der Waals surface area contributed by atoms with Crippen LogP contribution >= 0.6 is 22.6 Å². The average molecular weight is 397 g/mol. The fourth-order valence-electron chi connectivity index (χ4n) is 3.79. The van der Waals surface area contributed by atoms with E-state index in [1.165, 1.54) is 47.7 Å². The van der Waals surface area contributed by atoms with Crippen LogP contribution in [0, 0.1) is 3.57 Å². The van der Waals surface area contributed by atoms with Crippen molar-refractivity contribution in [1.82, 2.24) is 4.90 Å². The van der Waals surface area contributed by atoms with Gasteiger partial charge >= 0.3 is 0 Å². The number of benzene rings is 1. The lowest BCUT2D eigenvalue weighted by Gasteiger charge is -2.42. The van der Waals surface area contributed by atoms with Gasteiger partial charge in [-0.05, 0) is 60.1 Å². The number of aliphatic imine (C=N–C) groups is 1. The molecular weight excluding hydrogens is 373 g/mol. The van der Waals surface area contributed by atoms with Crippen molar-refractivity contribution in [1.29, 1.82) is 0 Å². The SMILES string of the molecule is CC1(c2ccc(I)cc2)CN=C(N)N1C1CCCCCC1. The van der Waals surface area contributed by atoms with E-state index in [9.17, 15) is 0 Å². The predicted octanol–water partition coefficient (Wildman–Crippen LogP) is 3.86. The molecule has 0 radical (unpaired) electrons. The van der Waals surface area contributed by atoms with Crippen molar-refractivity contribution in [3.05, 3.63) is 33.4 Å². The highest BCUT2D eigenvalue weighted by molar-refractivity contribution is 14.1. The Balaban J connectivity index is 1.91. The highest BCUT2D eigenvalue weighted by atomic mass is 127. The van der Waals surface area contributed by atoms with Crippen LogP contribution in [0.1, 0.15) is 51.0 Å². The summed E-state index contributed by atoms with van der Waals surface area (Å²) in [6, 6.07) is 9.38. The summed E-state index contributed by atoms with van der Waals surface area (Å²) in [5.41, 5.74) is 7.53. The van der Waals surface area contributed by atoms with Crippen molar-refractivity contribution in [3.8, 4) is 0 Å². The fraction of sp³-hybridized carbons (Fsp3) is 0.588. The van der Waals surface area contributed by atoms with Gasteiger partial charge in [0, 0.05) is 9.61 Å². The molecule has 3 nitrogen and oxygen atoms in total. The monoisotopic (exact) mass is 397 g/mol. The van der Waals surface area contributed by atoms with E-state index in [0.717, 1.165) is 12.5 Å². The molecule has 0 amide bonds. The molecule has 4 heteroatoms. The van der Waals surface area contributed by atoms with Crippen LogP contribution in [-0.2, 0) is 5.54 Å². The third kappa shape index (κ3) is 2.91. The molecule has 1 heterocycles. The lowest BCUT2D eigenvalue weighted by Crippen LogP contribution is -2.52. The van der Waals surface area contributed by atoms with Gasteiger partial charge in [-0.3, -0.25) is 4.99 Å². The lowest BCUT2D eigenvalue weighted by molar-refractivity contribution is 0.152. The minimum absolute atomic E-state index is 0.0799. The zero-order chi connectivity index (χ0) is 14.9. The smallest absolute Gasteiger partial charge is 0.192 e. The van der Waals surface area contributed by atoms with E-state index in [-0.39, 0.29) is 5.54 Å². The van der Waals surface area contributed by atoms with Crippen LogP contribution < -0.4 is 5.73 Å². The Labute approximate surface area is 141 Å². The molecular formula is C17H24IN3. The number of hydrogen-bond acceptors (Lipinski definition) is 3. The molecule has 21 heavy (non-hydrogen) atoms. The van der Waals surface area contributed by atoms with Crippen LogP contribution in [-0.4, -0.2) is 23.4 Å². The Kier molecular flexibility index (Phi) is 4.43. The second-order valence-corrected chi connectivity index (χ2v) is 7.72. The molecule has 0 bridgehead atoms. The standard InChI is InChI=1S/C17H24IN3/c1-17(13-8-10-14(18)11-9-13)12-20-16(19)21(17)15-6-4-2-3-5-7-15/h8-11,15H,2-7,12H2,1H3,(H2,19,20). The first kappa shape index (κ1) is 15.1. The molecule has 1 aliphatic heterocycles. The second-order valence-electron chi connectivity index (χ2n) is 6.47. The summed E-state index contributed by atoms with van der Waals surface area (Å²) in [6.45, 7) is 3.07. The Morgan fingerprint density at radius 3 is 2.38 bits per heavy atom. The highest BCUT2D eigenvalue weighted by Gasteiger charge is 2.43. The molecule has 2 N–H and O–H groups in total. The van der Waals surface area contributed by atoms with Gasteiger partial charge in [0.05, 0.1) is 12.1 Å². The lowest BCUT2D eigenvalue weighted by atomic mass is 9.88. The zero-order valence-electron chi connectivity index (χ0n) is 12.7. The molecule has 2 aliphatic rings. The molecule has 0 saturated heterocycles. The predicted molar refractivity (Wildman–Crippen MR) is 96.3 cm³/mol. The number of rotatable bonds is 2. The fourth-order valence-corrected chi connectivity index (χ4v) is 4.15. The third-order valence-electron chi connectivity index (χ3n) is 4.98. The van der Waals surface area contributed by atoms with Gasteiger partial charge in [-0.2, -0.15) is 0 Å². The molecule has 0 spiro atoms. The van der Waals surface area contributed by atoms with Gasteiger partial charge in [-0.25, -0.2) is 0 Å². The van der Waals surface area contributed by atoms with E-state index in [1.54, 1.807) is 0 Å². The summed E-state index contributed by atoms with van der Waals surface area (Å²) in [4.78, 5) is 7.01. The summed E-state index contributed by atoms with van der Waals surface area (Å²) in [5, 5.41) is 0. The van der Waals surface area contributed by atoms with Crippen LogP contribution in [0.4, 0.5) is 0 Å². The maximum atomic E-state index is 6.28. The molecule has 3 rings (SSSR count). The molecule has 1 fully saturated rings. The topological polar surface area (TPSA) is 41.6 Å². The highest BCUT2D eigenvalue weighted by Crippen LogP contribution is 2.37. The van der Waals surface area contributed by atoms with Crippen molar-refractivity contribution in [3.63, 3.8) is 0 Å². The van der Waals surface area contributed by atoms with Gasteiger partial charge < -0.3 is 10.6 Å². The number of guanidine groups is 1. The first-order valence-electron chi connectivity index (χ1n) is 7.96. The van der Waals surface area contributed by atoms with E-state index in [0.29, 0.717) is 6.04 Å². The van der Waals surface area contributed by atoms with Crippen LogP contribution in [0.15, 0.2) is 29.3 Å². The Bertz CT molecular complexity index is 517. The number of hydrogen-bond donors (Lipinski definition) is 1. The minimum Gasteiger partial charge on any atom is -0.370 e. The Hall–Kier alpha value is -0.780. The largest absolute Gasteiger partial charge is 0.370 e. The molecule has 114 valence electrons. The van der Waals surface area contributed by atoms with Crippen LogP contribution in [0.2, 0.25) is 0 Å². The second kappa shape index (κ2) is 6.15. The molecule has 1 aromatic rings. The van der Waals surface area contributed by atoms with E-state index >= 15 is 0 Å². The Morgan fingerprint density at radius 2 is 1.76 bits per heavy atom. The maximum Gasteiger partial charge on any atom is 0.192 e. The number of halogens is 1. The van der Waals surface area contributed by atoms with E-state index < -0.39 is 0 Å². The van der Waals surface area contributed by atoms with Gasteiger partial charge in [-0.1, -0.05) is 37.8 Å². The normalized spacial score (nSPS) is 27.5. The van der Waals surface area contributed by atoms with Crippen LogP contribution in [0.3, 0.4) is 0 Å².